The van der Waals surface area contributed by atoms with Gasteiger partial charge in [-0.25, -0.2) is 4.79 Å². The number of rotatable bonds is 4. The van der Waals surface area contributed by atoms with Gasteiger partial charge in [-0.1, -0.05) is 6.08 Å². The summed E-state index contributed by atoms with van der Waals surface area (Å²) in [5, 5.41) is 7.14. The molecule has 100 valence electrons. The lowest BCUT2D eigenvalue weighted by Gasteiger charge is -2.01. The predicted octanol–water partition coefficient (Wildman–Crippen LogP) is 0.620. The number of amides is 4. The number of aromatic amines is 1. The molecule has 1 aliphatic rings. The molecule has 19 heavy (non-hydrogen) atoms. The quantitative estimate of drug-likeness (QED) is 0.370. The fourth-order valence-corrected chi connectivity index (χ4v) is 1.86. The number of carbonyl (C=O) groups is 3. The molecule has 1 aromatic rings. The largest absolute Gasteiger partial charge is 0.356 e. The van der Waals surface area contributed by atoms with Gasteiger partial charge in [0.1, 0.15) is 11.4 Å². The molecular formula is C11H11BrN4O3. The zero-order valence-electron chi connectivity index (χ0n) is 9.75. The first-order chi connectivity index (χ1) is 9.06. The molecule has 4 amide bonds. The van der Waals surface area contributed by atoms with E-state index in [9.17, 15) is 14.4 Å². The van der Waals surface area contributed by atoms with Crippen molar-refractivity contribution < 1.29 is 14.4 Å². The Bertz CT molecular complexity index is 564. The molecule has 0 bridgehead atoms. The van der Waals surface area contributed by atoms with Crippen LogP contribution in [0.25, 0.3) is 0 Å². The van der Waals surface area contributed by atoms with Crippen molar-refractivity contribution in [2.24, 2.45) is 0 Å². The fourth-order valence-electron chi connectivity index (χ4n) is 1.52. The number of H-pyrrole nitrogens is 1. The van der Waals surface area contributed by atoms with Gasteiger partial charge in [0.15, 0.2) is 0 Å². The van der Waals surface area contributed by atoms with E-state index in [0.29, 0.717) is 18.7 Å². The maximum absolute atomic E-state index is 11.6. The molecule has 1 aliphatic heterocycles. The van der Waals surface area contributed by atoms with Crippen LogP contribution in [0.15, 0.2) is 28.5 Å². The second kappa shape index (κ2) is 5.70. The second-order valence-corrected chi connectivity index (χ2v) is 4.72. The molecule has 1 saturated heterocycles. The average Bonchev–Trinajstić information content (AvgIpc) is 2.91. The lowest BCUT2D eigenvalue weighted by atomic mass is 10.3. The van der Waals surface area contributed by atoms with E-state index in [1.807, 2.05) is 0 Å². The van der Waals surface area contributed by atoms with E-state index in [4.69, 9.17) is 0 Å². The number of aromatic nitrogens is 1. The lowest BCUT2D eigenvalue weighted by molar-refractivity contribution is -0.115. The minimum Gasteiger partial charge on any atom is -0.356 e. The van der Waals surface area contributed by atoms with E-state index >= 15 is 0 Å². The SMILES string of the molecule is O=C1NC(=O)/C(=C\CCNC(=O)c2cc(Br)c[nH]2)N1. The van der Waals surface area contributed by atoms with E-state index in [-0.39, 0.29) is 11.6 Å². The van der Waals surface area contributed by atoms with Crippen molar-refractivity contribution in [3.8, 4) is 0 Å². The Morgan fingerprint density at radius 1 is 1.37 bits per heavy atom. The van der Waals surface area contributed by atoms with Gasteiger partial charge in [-0.05, 0) is 28.4 Å². The molecule has 0 unspecified atom stereocenters. The first-order valence-electron chi connectivity index (χ1n) is 5.51. The van der Waals surface area contributed by atoms with Gasteiger partial charge in [0, 0.05) is 17.2 Å². The van der Waals surface area contributed by atoms with E-state index in [2.05, 4.69) is 36.9 Å². The van der Waals surface area contributed by atoms with Crippen molar-refractivity contribution in [3.05, 3.63) is 34.2 Å². The highest BCUT2D eigenvalue weighted by atomic mass is 79.9. The summed E-state index contributed by atoms with van der Waals surface area (Å²) in [6, 6.07) is 1.13. The molecule has 1 fully saturated rings. The molecule has 0 spiro atoms. The topological polar surface area (TPSA) is 103 Å². The van der Waals surface area contributed by atoms with Gasteiger partial charge in [0.25, 0.3) is 11.8 Å². The molecule has 0 aromatic carbocycles. The van der Waals surface area contributed by atoms with Gasteiger partial charge < -0.3 is 15.6 Å². The predicted molar refractivity (Wildman–Crippen MR) is 70.2 cm³/mol. The van der Waals surface area contributed by atoms with Crippen LogP contribution in [0.3, 0.4) is 0 Å². The zero-order valence-corrected chi connectivity index (χ0v) is 11.3. The minimum atomic E-state index is -0.531. The smallest absolute Gasteiger partial charge is 0.326 e. The zero-order chi connectivity index (χ0) is 13.8. The number of imide groups is 1. The highest BCUT2D eigenvalue weighted by molar-refractivity contribution is 9.10. The Morgan fingerprint density at radius 3 is 2.74 bits per heavy atom. The molecule has 0 atom stereocenters. The summed E-state index contributed by atoms with van der Waals surface area (Å²) >= 11 is 3.23. The van der Waals surface area contributed by atoms with Crippen molar-refractivity contribution in [1.29, 1.82) is 0 Å². The van der Waals surface area contributed by atoms with E-state index < -0.39 is 11.9 Å². The monoisotopic (exact) mass is 326 g/mol. The molecule has 8 heteroatoms. The maximum atomic E-state index is 11.6. The van der Waals surface area contributed by atoms with Gasteiger partial charge in [-0.15, -0.1) is 0 Å². The minimum absolute atomic E-state index is 0.210. The van der Waals surface area contributed by atoms with Crippen molar-refractivity contribution in [3.63, 3.8) is 0 Å². The van der Waals surface area contributed by atoms with Crippen LogP contribution in [0.2, 0.25) is 0 Å². The Hall–Kier alpha value is -2.09. The molecule has 2 heterocycles. The summed E-state index contributed by atoms with van der Waals surface area (Å²) in [7, 11) is 0. The highest BCUT2D eigenvalue weighted by Crippen LogP contribution is 2.10. The number of halogens is 1. The van der Waals surface area contributed by atoms with Crippen molar-refractivity contribution in [1.82, 2.24) is 20.9 Å². The van der Waals surface area contributed by atoms with Gasteiger partial charge in [0.05, 0.1) is 0 Å². The third-order valence-corrected chi connectivity index (χ3v) is 2.85. The number of hydrogen-bond acceptors (Lipinski definition) is 3. The number of hydrogen-bond donors (Lipinski definition) is 4. The second-order valence-electron chi connectivity index (χ2n) is 3.80. The third-order valence-electron chi connectivity index (χ3n) is 2.39. The van der Waals surface area contributed by atoms with Crippen molar-refractivity contribution in [2.45, 2.75) is 6.42 Å². The first-order valence-corrected chi connectivity index (χ1v) is 6.30. The normalized spacial score (nSPS) is 16.4. The lowest BCUT2D eigenvalue weighted by Crippen LogP contribution is -2.24. The van der Waals surface area contributed by atoms with Crippen LogP contribution < -0.4 is 16.0 Å². The number of carbonyl (C=O) groups excluding carboxylic acids is 3. The van der Waals surface area contributed by atoms with Crippen LogP contribution in [-0.2, 0) is 4.79 Å². The summed E-state index contributed by atoms with van der Waals surface area (Å²) in [4.78, 5) is 36.4. The Labute approximate surface area is 117 Å². The Morgan fingerprint density at radius 2 is 2.16 bits per heavy atom. The van der Waals surface area contributed by atoms with Crippen LogP contribution in [0, 0.1) is 0 Å². The van der Waals surface area contributed by atoms with Crippen molar-refractivity contribution >= 4 is 33.8 Å². The molecule has 0 aliphatic carbocycles. The van der Waals surface area contributed by atoms with Gasteiger partial charge in [-0.2, -0.15) is 0 Å². The molecule has 4 N–H and O–H groups in total. The summed E-state index contributed by atoms with van der Waals surface area (Å²) in [5.74, 6) is -0.686. The fraction of sp³-hybridized carbons (Fsp3) is 0.182. The van der Waals surface area contributed by atoms with E-state index in [1.165, 1.54) is 0 Å². The standard InChI is InChI=1S/C11H11BrN4O3/c12-6-4-8(14-5-6)9(17)13-3-1-2-7-10(18)16-11(19)15-7/h2,4-5,14H,1,3H2,(H,13,17)(H2,15,16,18,19)/b7-2+. The summed E-state index contributed by atoms with van der Waals surface area (Å²) < 4.78 is 0.796. The number of nitrogens with one attached hydrogen (secondary N) is 4. The average molecular weight is 327 g/mol. The molecule has 0 radical (unpaired) electrons. The van der Waals surface area contributed by atoms with Gasteiger partial charge in [0.2, 0.25) is 0 Å². The molecule has 2 rings (SSSR count). The highest BCUT2D eigenvalue weighted by Gasteiger charge is 2.22. The number of urea groups is 1. The van der Waals surface area contributed by atoms with Crippen LogP contribution in [0.1, 0.15) is 16.9 Å². The van der Waals surface area contributed by atoms with Gasteiger partial charge in [-0.3, -0.25) is 14.9 Å². The van der Waals surface area contributed by atoms with E-state index in [1.54, 1.807) is 18.3 Å². The molecule has 7 nitrogen and oxygen atoms in total. The Kier molecular flexibility index (Phi) is 4.00. The third kappa shape index (κ3) is 3.44. The summed E-state index contributed by atoms with van der Waals surface area (Å²) in [6.07, 6.45) is 3.66. The van der Waals surface area contributed by atoms with E-state index in [0.717, 1.165) is 4.47 Å². The van der Waals surface area contributed by atoms with Crippen LogP contribution in [-0.4, -0.2) is 29.4 Å². The molecular weight excluding hydrogens is 316 g/mol. The van der Waals surface area contributed by atoms with Crippen LogP contribution in [0.4, 0.5) is 4.79 Å². The Balaban J connectivity index is 1.78. The van der Waals surface area contributed by atoms with Crippen LogP contribution in [0.5, 0.6) is 0 Å². The van der Waals surface area contributed by atoms with Gasteiger partial charge >= 0.3 is 6.03 Å². The van der Waals surface area contributed by atoms with Crippen LogP contribution >= 0.6 is 15.9 Å². The summed E-state index contributed by atoms with van der Waals surface area (Å²) in [6.45, 7) is 0.363. The molecule has 1 aromatic heterocycles. The maximum Gasteiger partial charge on any atom is 0.326 e. The molecule has 0 saturated carbocycles. The van der Waals surface area contributed by atoms with Crippen molar-refractivity contribution in [2.75, 3.05) is 6.54 Å². The first kappa shape index (κ1) is 13.3. The summed E-state index contributed by atoms with van der Waals surface area (Å²) in [5.41, 5.74) is 0.660.